The van der Waals surface area contributed by atoms with Crippen LogP contribution in [0, 0.1) is 6.92 Å². The molecule has 2 aromatic heterocycles. The fourth-order valence-electron chi connectivity index (χ4n) is 2.09. The fraction of sp³-hybridized carbons (Fsp3) is 0.462. The third-order valence-corrected chi connectivity index (χ3v) is 5.31. The first kappa shape index (κ1) is 15.1. The summed E-state index contributed by atoms with van der Waals surface area (Å²) in [6.07, 6.45) is 3.57. The van der Waals surface area contributed by atoms with Crippen molar-refractivity contribution in [3.05, 3.63) is 16.8 Å². The zero-order chi connectivity index (χ0) is 14.9. The molecule has 0 aliphatic rings. The second kappa shape index (κ2) is 5.97. The lowest BCUT2D eigenvalue weighted by molar-refractivity contribution is 0.0701. The largest absolute Gasteiger partial charge is 0.477 e. The minimum atomic E-state index is -0.906. The van der Waals surface area contributed by atoms with Crippen LogP contribution < -0.4 is 4.90 Å². The van der Waals surface area contributed by atoms with Gasteiger partial charge in [-0.15, -0.1) is 11.3 Å². The van der Waals surface area contributed by atoms with Crippen LogP contribution in [0.5, 0.6) is 0 Å². The molecule has 1 N–H and O–H groups in total. The molecule has 1 atom stereocenters. The minimum Gasteiger partial charge on any atom is -0.477 e. The first-order chi connectivity index (χ1) is 9.47. The van der Waals surface area contributed by atoms with E-state index in [-0.39, 0.29) is 0 Å². The summed E-state index contributed by atoms with van der Waals surface area (Å²) < 4.78 is 0. The Kier molecular flexibility index (Phi) is 4.49. The number of carboxylic acids is 1. The number of anilines is 1. The van der Waals surface area contributed by atoms with Gasteiger partial charge in [0.2, 0.25) is 0 Å². The van der Waals surface area contributed by atoms with Gasteiger partial charge in [-0.2, -0.15) is 11.8 Å². The number of thioether (sulfide) groups is 1. The highest BCUT2D eigenvalue weighted by Gasteiger charge is 2.21. The molecule has 2 heterocycles. The van der Waals surface area contributed by atoms with E-state index in [1.165, 1.54) is 17.7 Å². The smallest absolute Gasteiger partial charge is 0.346 e. The Hall–Kier alpha value is -1.34. The molecular formula is C13H17N3O2S2. The number of aromatic carboxylic acids is 1. The summed E-state index contributed by atoms with van der Waals surface area (Å²) in [7, 11) is 1.99. The molecule has 0 saturated carbocycles. The Labute approximate surface area is 126 Å². The van der Waals surface area contributed by atoms with Crippen molar-refractivity contribution in [2.45, 2.75) is 19.9 Å². The highest BCUT2D eigenvalue weighted by atomic mass is 32.2. The first-order valence-electron chi connectivity index (χ1n) is 6.16. The SMILES string of the molecule is CSCC(C)N(C)c1ncnc2sc(C(=O)O)c(C)c12. The standard InChI is InChI=1S/C13H17N3O2S2/c1-7(5-19-4)16(3)11-9-8(2)10(13(17)18)20-12(9)15-6-14-11/h6-7H,5H2,1-4H3,(H,17,18). The molecule has 0 aliphatic heterocycles. The van der Waals surface area contributed by atoms with Gasteiger partial charge in [0.1, 0.15) is 21.9 Å². The number of aromatic nitrogens is 2. The van der Waals surface area contributed by atoms with Crippen LogP contribution in [0.25, 0.3) is 10.2 Å². The van der Waals surface area contributed by atoms with E-state index in [0.717, 1.165) is 27.4 Å². The summed E-state index contributed by atoms with van der Waals surface area (Å²) in [6, 6.07) is 0.315. The number of carbonyl (C=O) groups is 1. The lowest BCUT2D eigenvalue weighted by atomic mass is 10.2. The number of carboxylic acid groups (broad SMARTS) is 1. The number of hydrogen-bond acceptors (Lipinski definition) is 6. The molecule has 2 aromatic rings. The summed E-state index contributed by atoms with van der Waals surface area (Å²) >= 11 is 2.98. The maximum atomic E-state index is 11.3. The summed E-state index contributed by atoms with van der Waals surface area (Å²) in [5, 5.41) is 10.1. The molecule has 0 aliphatic carbocycles. The molecule has 0 radical (unpaired) electrons. The summed E-state index contributed by atoms with van der Waals surface area (Å²) in [4.78, 5) is 23.0. The molecule has 5 nitrogen and oxygen atoms in total. The van der Waals surface area contributed by atoms with E-state index in [9.17, 15) is 9.90 Å². The van der Waals surface area contributed by atoms with Gasteiger partial charge in [0, 0.05) is 18.8 Å². The Morgan fingerprint density at radius 1 is 1.55 bits per heavy atom. The number of fused-ring (bicyclic) bond motifs is 1. The Morgan fingerprint density at radius 3 is 2.85 bits per heavy atom. The molecule has 20 heavy (non-hydrogen) atoms. The van der Waals surface area contributed by atoms with E-state index in [2.05, 4.69) is 28.0 Å². The molecular weight excluding hydrogens is 294 g/mol. The predicted octanol–water partition coefficient (Wildman–Crippen LogP) is 2.89. The van der Waals surface area contributed by atoms with Gasteiger partial charge in [0.05, 0.1) is 5.39 Å². The molecule has 0 fully saturated rings. The van der Waals surface area contributed by atoms with Crippen LogP contribution in [0.4, 0.5) is 5.82 Å². The first-order valence-corrected chi connectivity index (χ1v) is 8.37. The minimum absolute atomic E-state index is 0.315. The maximum absolute atomic E-state index is 11.3. The second-order valence-corrected chi connectivity index (χ2v) is 6.56. The molecule has 7 heteroatoms. The van der Waals surface area contributed by atoms with Gasteiger partial charge in [-0.3, -0.25) is 0 Å². The van der Waals surface area contributed by atoms with Crippen molar-refractivity contribution < 1.29 is 9.90 Å². The van der Waals surface area contributed by atoms with Crippen LogP contribution in [0.15, 0.2) is 6.33 Å². The average Bonchev–Trinajstić information content (AvgIpc) is 2.76. The number of hydrogen-bond donors (Lipinski definition) is 1. The van der Waals surface area contributed by atoms with Crippen molar-refractivity contribution in [3.8, 4) is 0 Å². The van der Waals surface area contributed by atoms with Crippen molar-refractivity contribution >= 4 is 45.1 Å². The van der Waals surface area contributed by atoms with E-state index >= 15 is 0 Å². The lowest BCUT2D eigenvalue weighted by Gasteiger charge is -2.26. The van der Waals surface area contributed by atoms with Crippen LogP contribution in [-0.4, -0.2) is 46.1 Å². The van der Waals surface area contributed by atoms with E-state index in [0.29, 0.717) is 10.9 Å². The van der Waals surface area contributed by atoms with Crippen molar-refractivity contribution in [1.29, 1.82) is 0 Å². The highest BCUT2D eigenvalue weighted by molar-refractivity contribution is 7.98. The van der Waals surface area contributed by atoms with Crippen LogP contribution in [0.3, 0.4) is 0 Å². The van der Waals surface area contributed by atoms with Gasteiger partial charge in [-0.05, 0) is 25.7 Å². The van der Waals surface area contributed by atoms with Crippen LogP contribution >= 0.6 is 23.1 Å². The second-order valence-electron chi connectivity index (χ2n) is 4.65. The van der Waals surface area contributed by atoms with Crippen molar-refractivity contribution in [1.82, 2.24) is 9.97 Å². The zero-order valence-corrected chi connectivity index (χ0v) is 13.5. The lowest BCUT2D eigenvalue weighted by Crippen LogP contribution is -2.31. The number of nitrogens with zero attached hydrogens (tertiary/aromatic N) is 3. The number of thiophene rings is 1. The van der Waals surface area contributed by atoms with E-state index < -0.39 is 5.97 Å². The monoisotopic (exact) mass is 311 g/mol. The van der Waals surface area contributed by atoms with Gasteiger partial charge >= 0.3 is 5.97 Å². The summed E-state index contributed by atoms with van der Waals surface area (Å²) in [6.45, 7) is 3.95. The Balaban J connectivity index is 2.56. The van der Waals surface area contributed by atoms with Crippen LogP contribution in [0.2, 0.25) is 0 Å². The van der Waals surface area contributed by atoms with Crippen molar-refractivity contribution in [2.75, 3.05) is 24.0 Å². The van der Waals surface area contributed by atoms with Crippen molar-refractivity contribution in [2.24, 2.45) is 0 Å². The van der Waals surface area contributed by atoms with E-state index in [1.54, 1.807) is 11.8 Å². The quantitative estimate of drug-likeness (QED) is 0.916. The highest BCUT2D eigenvalue weighted by Crippen LogP contribution is 2.35. The van der Waals surface area contributed by atoms with Gasteiger partial charge in [-0.25, -0.2) is 14.8 Å². The molecule has 0 amide bonds. The van der Waals surface area contributed by atoms with Gasteiger partial charge in [-0.1, -0.05) is 0 Å². The van der Waals surface area contributed by atoms with E-state index in [4.69, 9.17) is 0 Å². The Morgan fingerprint density at radius 2 is 2.25 bits per heavy atom. The number of aryl methyl sites for hydroxylation is 1. The molecule has 0 aromatic carbocycles. The fourth-order valence-corrected chi connectivity index (χ4v) is 3.77. The molecule has 2 rings (SSSR count). The van der Waals surface area contributed by atoms with Gasteiger partial charge < -0.3 is 10.0 Å². The van der Waals surface area contributed by atoms with Crippen LogP contribution in [0.1, 0.15) is 22.2 Å². The molecule has 0 spiro atoms. The molecule has 0 saturated heterocycles. The maximum Gasteiger partial charge on any atom is 0.346 e. The zero-order valence-electron chi connectivity index (χ0n) is 11.9. The van der Waals surface area contributed by atoms with E-state index in [1.807, 2.05) is 14.0 Å². The van der Waals surface area contributed by atoms with Crippen molar-refractivity contribution in [3.63, 3.8) is 0 Å². The topological polar surface area (TPSA) is 66.3 Å². The number of rotatable bonds is 5. The van der Waals surface area contributed by atoms with Gasteiger partial charge in [0.25, 0.3) is 0 Å². The van der Waals surface area contributed by atoms with Crippen LogP contribution in [-0.2, 0) is 0 Å². The third-order valence-electron chi connectivity index (χ3n) is 3.30. The average molecular weight is 311 g/mol. The molecule has 108 valence electrons. The summed E-state index contributed by atoms with van der Waals surface area (Å²) in [5.41, 5.74) is 0.747. The summed E-state index contributed by atoms with van der Waals surface area (Å²) in [5.74, 6) is 0.880. The Bertz CT molecular complexity index is 642. The predicted molar refractivity (Wildman–Crippen MR) is 85.4 cm³/mol. The third kappa shape index (κ3) is 2.60. The normalized spacial score (nSPS) is 12.6. The molecule has 0 bridgehead atoms. The molecule has 1 unspecified atom stereocenters. The van der Waals surface area contributed by atoms with Gasteiger partial charge in [0.15, 0.2) is 0 Å².